The monoisotopic (exact) mass is 472 g/mol. The van der Waals surface area contributed by atoms with E-state index in [1.54, 1.807) is 0 Å². The number of hydrogen-bond donors (Lipinski definition) is 0. The zero-order chi connectivity index (χ0) is 10.5. The summed E-state index contributed by atoms with van der Waals surface area (Å²) in [5.41, 5.74) is 0. The maximum Gasteiger partial charge on any atom is 0.200 e. The molecule has 0 aromatic rings. The van der Waals surface area contributed by atoms with Crippen LogP contribution in [0.4, 0.5) is 0 Å². The van der Waals surface area contributed by atoms with Gasteiger partial charge >= 0.3 is 0 Å². The van der Waals surface area contributed by atoms with E-state index in [1.807, 2.05) is 0 Å². The molecule has 0 aromatic carbocycles. The van der Waals surface area contributed by atoms with Crippen LogP contribution in [0.1, 0.15) is 20.3 Å². The van der Waals surface area contributed by atoms with Crippen LogP contribution in [0.15, 0.2) is 0 Å². The highest BCUT2D eigenvalue weighted by atomic mass is 79.9. The van der Waals surface area contributed by atoms with Gasteiger partial charge in [-0.2, -0.15) is 0 Å². The van der Waals surface area contributed by atoms with Gasteiger partial charge in [0, 0.05) is 0 Å². The molecule has 0 saturated heterocycles. The molecule has 0 aliphatic rings. The van der Waals surface area contributed by atoms with Crippen molar-refractivity contribution in [3.63, 3.8) is 0 Å². The molecule has 0 bridgehead atoms. The molecule has 0 radical (unpaired) electrons. The lowest BCUT2D eigenvalue weighted by molar-refractivity contribution is 1.04. The fourth-order valence-electron chi connectivity index (χ4n) is 0.959. The molecule has 0 amide bonds. The Morgan fingerprint density at radius 1 is 0.769 bits per heavy atom. The minimum Gasteiger partial charge on any atom is -0.111 e. The number of halogens is 4. The molecule has 0 atom stereocenters. The Balaban J connectivity index is 3.68. The molecule has 0 unspecified atom stereocenters. The second-order valence-electron chi connectivity index (χ2n) is 3.27. The molecule has 0 aliphatic carbocycles. The van der Waals surface area contributed by atoms with E-state index < -0.39 is 10.6 Å². The van der Waals surface area contributed by atoms with Crippen molar-refractivity contribution in [2.24, 2.45) is 0 Å². The van der Waals surface area contributed by atoms with Gasteiger partial charge in [0.1, 0.15) is 0 Å². The average molecular weight is 476 g/mol. The molecule has 0 aliphatic heterocycles. The molecular formula is C7H16Br4Si2. The van der Waals surface area contributed by atoms with E-state index in [9.17, 15) is 0 Å². The van der Waals surface area contributed by atoms with Crippen molar-refractivity contribution >= 4 is 71.8 Å². The summed E-state index contributed by atoms with van der Waals surface area (Å²) >= 11 is 15.2. The molecule has 0 fully saturated rings. The summed E-state index contributed by atoms with van der Waals surface area (Å²) < 4.78 is 0. The summed E-state index contributed by atoms with van der Waals surface area (Å²) in [4.78, 5) is 0. The van der Waals surface area contributed by atoms with Crippen LogP contribution in [0.5, 0.6) is 0 Å². The van der Waals surface area contributed by atoms with Crippen molar-refractivity contribution in [3.05, 3.63) is 0 Å². The normalized spacial score (nSPS) is 13.4. The van der Waals surface area contributed by atoms with Crippen LogP contribution in [0, 0.1) is 0 Å². The lowest BCUT2D eigenvalue weighted by Gasteiger charge is -2.19. The SMILES string of the molecule is CC[Si](Br)(Br)CCC[Si](Br)(Br)CC. The predicted molar refractivity (Wildman–Crippen MR) is 82.4 cm³/mol. The fourth-order valence-corrected chi connectivity index (χ4v) is 6.77. The van der Waals surface area contributed by atoms with Gasteiger partial charge in [-0.25, -0.2) is 0 Å². The maximum absolute atomic E-state index is 3.81. The van der Waals surface area contributed by atoms with Gasteiger partial charge in [0.25, 0.3) is 0 Å². The smallest absolute Gasteiger partial charge is 0.111 e. The summed E-state index contributed by atoms with van der Waals surface area (Å²) in [6, 6.07) is 5.18. The van der Waals surface area contributed by atoms with Gasteiger partial charge < -0.3 is 0 Å². The van der Waals surface area contributed by atoms with E-state index in [1.165, 1.54) is 30.6 Å². The van der Waals surface area contributed by atoms with Crippen molar-refractivity contribution in [3.8, 4) is 0 Å². The van der Waals surface area contributed by atoms with Crippen molar-refractivity contribution in [1.29, 1.82) is 0 Å². The molecule has 0 spiro atoms. The topological polar surface area (TPSA) is 0 Å². The maximum atomic E-state index is 3.81. The highest BCUT2D eigenvalue weighted by Crippen LogP contribution is 2.36. The van der Waals surface area contributed by atoms with Gasteiger partial charge in [-0.3, -0.25) is 0 Å². The van der Waals surface area contributed by atoms with E-state index in [0.29, 0.717) is 0 Å². The zero-order valence-corrected chi connectivity index (χ0v) is 16.4. The predicted octanol–water partition coefficient (Wildman–Crippen LogP) is 5.88. The summed E-state index contributed by atoms with van der Waals surface area (Å²) in [7, 11) is 0. The molecule has 0 aromatic heterocycles. The highest BCUT2D eigenvalue weighted by Gasteiger charge is 2.27. The fraction of sp³-hybridized carbons (Fsp3) is 1.00. The van der Waals surface area contributed by atoms with Crippen LogP contribution in [0.3, 0.4) is 0 Å². The van der Waals surface area contributed by atoms with Gasteiger partial charge in [-0.1, -0.05) is 20.3 Å². The lowest BCUT2D eigenvalue weighted by Crippen LogP contribution is -2.19. The average Bonchev–Trinajstić information content (AvgIpc) is 2.04. The van der Waals surface area contributed by atoms with Crippen molar-refractivity contribution in [2.75, 3.05) is 0 Å². The van der Waals surface area contributed by atoms with Crippen LogP contribution in [-0.2, 0) is 0 Å². The first-order valence-electron chi connectivity index (χ1n) is 4.58. The minimum atomic E-state index is -1.18. The standard InChI is InChI=1S/C7H16Br4Si2/c1-3-12(8,9)6-5-7-13(10,11)4-2/h3-7H2,1-2H3. The third-order valence-corrected chi connectivity index (χ3v) is 17.8. The molecule has 0 saturated carbocycles. The largest absolute Gasteiger partial charge is 0.200 e. The quantitative estimate of drug-likeness (QED) is 0.332. The van der Waals surface area contributed by atoms with Crippen molar-refractivity contribution < 1.29 is 0 Å². The Kier molecular flexibility index (Phi) is 8.07. The molecule has 13 heavy (non-hydrogen) atoms. The van der Waals surface area contributed by atoms with Crippen LogP contribution < -0.4 is 0 Å². The Labute approximate surface area is 115 Å². The first-order chi connectivity index (χ1) is 5.83. The van der Waals surface area contributed by atoms with Gasteiger partial charge in [0.05, 0.1) is 0 Å². The first kappa shape index (κ1) is 15.4. The Morgan fingerprint density at radius 2 is 1.08 bits per heavy atom. The van der Waals surface area contributed by atoms with Crippen molar-refractivity contribution in [1.82, 2.24) is 0 Å². The lowest BCUT2D eigenvalue weighted by atomic mass is 10.6. The minimum absolute atomic E-state index is 1.18. The molecule has 0 heterocycles. The zero-order valence-electron chi connectivity index (χ0n) is 8.05. The molecule has 6 heteroatoms. The third kappa shape index (κ3) is 8.19. The van der Waals surface area contributed by atoms with E-state index in [2.05, 4.69) is 75.0 Å². The second-order valence-corrected chi connectivity index (χ2v) is 33.7. The van der Waals surface area contributed by atoms with Gasteiger partial charge in [-0.15, -0.1) is 61.2 Å². The summed E-state index contributed by atoms with van der Waals surface area (Å²) in [5, 5.41) is -2.37. The van der Waals surface area contributed by atoms with Crippen LogP contribution >= 0.6 is 61.2 Å². The van der Waals surface area contributed by atoms with E-state index in [4.69, 9.17) is 0 Å². The second kappa shape index (κ2) is 6.83. The number of hydrogen-bond acceptors (Lipinski definition) is 0. The molecule has 0 N–H and O–H groups in total. The van der Waals surface area contributed by atoms with E-state index in [0.717, 1.165) is 0 Å². The van der Waals surface area contributed by atoms with Crippen LogP contribution in [0.2, 0.25) is 24.2 Å². The summed E-state index contributed by atoms with van der Waals surface area (Å²) in [6.07, 6.45) is 1.33. The number of rotatable bonds is 6. The molecular weight excluding hydrogens is 460 g/mol. The molecule has 0 rings (SSSR count). The van der Waals surface area contributed by atoms with Gasteiger partial charge in [0.15, 0.2) is 0 Å². The van der Waals surface area contributed by atoms with Crippen molar-refractivity contribution in [2.45, 2.75) is 44.4 Å². The van der Waals surface area contributed by atoms with E-state index in [-0.39, 0.29) is 0 Å². The summed E-state index contributed by atoms with van der Waals surface area (Å²) in [5.74, 6) is 0. The first-order valence-corrected chi connectivity index (χ1v) is 18.4. The Bertz CT molecular complexity index is 133. The van der Waals surface area contributed by atoms with E-state index >= 15 is 0 Å². The summed E-state index contributed by atoms with van der Waals surface area (Å²) in [6.45, 7) is 4.50. The third-order valence-electron chi connectivity index (χ3n) is 2.12. The Morgan fingerprint density at radius 3 is 1.31 bits per heavy atom. The highest BCUT2D eigenvalue weighted by molar-refractivity contribution is 9.51. The van der Waals surface area contributed by atoms with Gasteiger partial charge in [0.2, 0.25) is 10.6 Å². The van der Waals surface area contributed by atoms with Crippen LogP contribution in [0.25, 0.3) is 0 Å². The molecule has 0 nitrogen and oxygen atoms in total. The van der Waals surface area contributed by atoms with Crippen LogP contribution in [-0.4, -0.2) is 10.6 Å². The Hall–Kier alpha value is 2.35. The molecule has 80 valence electrons. The van der Waals surface area contributed by atoms with Gasteiger partial charge in [-0.05, 0) is 24.2 Å².